The van der Waals surface area contributed by atoms with Crippen molar-refractivity contribution in [2.75, 3.05) is 13.7 Å². The summed E-state index contributed by atoms with van der Waals surface area (Å²) >= 11 is 6.31. The number of nitrogens with one attached hydrogen (secondary N) is 1. The lowest BCUT2D eigenvalue weighted by Gasteiger charge is -2.30. The summed E-state index contributed by atoms with van der Waals surface area (Å²) < 4.78 is 10.8. The Hall–Kier alpha value is -2.73. The second kappa shape index (κ2) is 11.0. The molecule has 2 amide bonds. The number of methoxy groups -OCH3 is 1. The Labute approximate surface area is 188 Å². The first-order valence-electron chi connectivity index (χ1n) is 10.6. The van der Waals surface area contributed by atoms with Crippen LogP contribution in [0.4, 0.5) is 0 Å². The number of hydrogen-bond donors (Lipinski definition) is 1. The van der Waals surface area contributed by atoms with Crippen LogP contribution in [-0.2, 0) is 16.1 Å². The van der Waals surface area contributed by atoms with Crippen molar-refractivity contribution in [3.63, 3.8) is 0 Å². The van der Waals surface area contributed by atoms with Crippen molar-refractivity contribution >= 4 is 23.4 Å². The lowest BCUT2D eigenvalue weighted by Crippen LogP contribution is -2.50. The van der Waals surface area contributed by atoms with Crippen molar-refractivity contribution in [2.45, 2.75) is 51.2 Å². The molecule has 7 heteroatoms. The van der Waals surface area contributed by atoms with E-state index in [0.29, 0.717) is 16.5 Å². The zero-order chi connectivity index (χ0) is 22.2. The predicted molar refractivity (Wildman–Crippen MR) is 120 cm³/mol. The lowest BCUT2D eigenvalue weighted by atomic mass is 10.1. The van der Waals surface area contributed by atoms with Gasteiger partial charge in [-0.1, -0.05) is 42.6 Å². The van der Waals surface area contributed by atoms with Crippen LogP contribution in [0.3, 0.4) is 0 Å². The average molecular weight is 445 g/mol. The molecule has 2 aromatic carbocycles. The maximum absolute atomic E-state index is 13.1. The minimum absolute atomic E-state index is 0.156. The lowest BCUT2D eigenvalue weighted by molar-refractivity contribution is -0.142. The van der Waals surface area contributed by atoms with Crippen LogP contribution in [-0.4, -0.2) is 42.5 Å². The van der Waals surface area contributed by atoms with E-state index in [1.807, 2.05) is 18.2 Å². The van der Waals surface area contributed by atoms with Crippen molar-refractivity contribution in [1.29, 1.82) is 0 Å². The highest BCUT2D eigenvalue weighted by molar-refractivity contribution is 6.31. The third-order valence-corrected chi connectivity index (χ3v) is 5.96. The molecule has 1 atom stereocenters. The van der Waals surface area contributed by atoms with E-state index in [1.165, 1.54) is 4.90 Å². The number of nitrogens with zero attached hydrogens (tertiary/aromatic N) is 1. The van der Waals surface area contributed by atoms with E-state index in [1.54, 1.807) is 44.4 Å². The van der Waals surface area contributed by atoms with Gasteiger partial charge in [0.2, 0.25) is 5.91 Å². The van der Waals surface area contributed by atoms with Crippen molar-refractivity contribution in [3.05, 3.63) is 59.1 Å². The van der Waals surface area contributed by atoms with Crippen LogP contribution >= 0.6 is 11.6 Å². The number of ether oxygens (including phenoxy) is 2. The largest absolute Gasteiger partial charge is 0.497 e. The van der Waals surface area contributed by atoms with E-state index < -0.39 is 6.04 Å². The quantitative estimate of drug-likeness (QED) is 0.629. The standard InChI is InChI=1S/C24H29ClN2O4/c1-17(24(29)26-19-8-4-5-9-19)27(15-18-7-3-6-10-22(18)25)23(28)16-31-21-13-11-20(30-2)12-14-21/h3,6-7,10-14,17,19H,4-5,8-9,15-16H2,1-2H3,(H,26,29)/t17-/m0/s1. The van der Waals surface area contributed by atoms with Gasteiger partial charge in [0.05, 0.1) is 7.11 Å². The molecule has 0 aromatic heterocycles. The van der Waals surface area contributed by atoms with Crippen LogP contribution in [0, 0.1) is 0 Å². The van der Waals surface area contributed by atoms with E-state index in [9.17, 15) is 9.59 Å². The number of rotatable bonds is 9. The molecule has 3 rings (SSSR count). The zero-order valence-electron chi connectivity index (χ0n) is 18.0. The van der Waals surface area contributed by atoms with Crippen LogP contribution in [0.25, 0.3) is 0 Å². The summed E-state index contributed by atoms with van der Waals surface area (Å²) in [5.74, 6) is 0.813. The maximum atomic E-state index is 13.1. The predicted octanol–water partition coefficient (Wildman–Crippen LogP) is 4.20. The number of hydrogen-bond acceptors (Lipinski definition) is 4. The molecule has 166 valence electrons. The Bertz CT molecular complexity index is 881. The maximum Gasteiger partial charge on any atom is 0.261 e. The average Bonchev–Trinajstić information content (AvgIpc) is 3.30. The van der Waals surface area contributed by atoms with E-state index >= 15 is 0 Å². The molecule has 0 heterocycles. The summed E-state index contributed by atoms with van der Waals surface area (Å²) in [6.07, 6.45) is 4.21. The minimum Gasteiger partial charge on any atom is -0.497 e. The molecule has 1 saturated carbocycles. The Morgan fingerprint density at radius 1 is 1.10 bits per heavy atom. The molecule has 0 bridgehead atoms. The highest BCUT2D eigenvalue weighted by atomic mass is 35.5. The summed E-state index contributed by atoms with van der Waals surface area (Å²) in [7, 11) is 1.59. The van der Waals surface area contributed by atoms with E-state index in [0.717, 1.165) is 31.2 Å². The van der Waals surface area contributed by atoms with Gasteiger partial charge in [-0.05, 0) is 55.7 Å². The number of carbonyl (C=O) groups is 2. The number of halogens is 1. The second-order valence-electron chi connectivity index (χ2n) is 7.74. The highest BCUT2D eigenvalue weighted by Crippen LogP contribution is 2.21. The monoisotopic (exact) mass is 444 g/mol. The third-order valence-electron chi connectivity index (χ3n) is 5.59. The Morgan fingerprint density at radius 3 is 2.39 bits per heavy atom. The Balaban J connectivity index is 1.70. The van der Waals surface area contributed by atoms with Gasteiger partial charge in [0.1, 0.15) is 17.5 Å². The van der Waals surface area contributed by atoms with E-state index in [4.69, 9.17) is 21.1 Å². The summed E-state index contributed by atoms with van der Waals surface area (Å²) in [5, 5.41) is 3.64. The van der Waals surface area contributed by atoms with Gasteiger partial charge in [0.15, 0.2) is 6.61 Å². The molecule has 0 saturated heterocycles. The van der Waals surface area contributed by atoms with Crippen LogP contribution in [0.15, 0.2) is 48.5 Å². The SMILES string of the molecule is COc1ccc(OCC(=O)N(Cc2ccccc2Cl)[C@@H](C)C(=O)NC2CCCC2)cc1. The molecular weight excluding hydrogens is 416 g/mol. The van der Waals surface area contributed by atoms with Gasteiger partial charge in [-0.25, -0.2) is 0 Å². The minimum atomic E-state index is -0.649. The zero-order valence-corrected chi connectivity index (χ0v) is 18.7. The van der Waals surface area contributed by atoms with Crippen LogP contribution in [0.1, 0.15) is 38.2 Å². The van der Waals surface area contributed by atoms with Crippen LogP contribution < -0.4 is 14.8 Å². The van der Waals surface area contributed by atoms with Gasteiger partial charge in [0.25, 0.3) is 5.91 Å². The van der Waals surface area contributed by atoms with Gasteiger partial charge >= 0.3 is 0 Å². The van der Waals surface area contributed by atoms with E-state index in [2.05, 4.69) is 5.32 Å². The molecule has 0 aliphatic heterocycles. The second-order valence-corrected chi connectivity index (χ2v) is 8.15. The van der Waals surface area contributed by atoms with Gasteiger partial charge < -0.3 is 19.7 Å². The topological polar surface area (TPSA) is 67.9 Å². The molecular formula is C24H29ClN2O4. The highest BCUT2D eigenvalue weighted by Gasteiger charge is 2.29. The van der Waals surface area contributed by atoms with E-state index in [-0.39, 0.29) is 31.0 Å². The van der Waals surface area contributed by atoms with Gasteiger partial charge in [-0.2, -0.15) is 0 Å². The van der Waals surface area contributed by atoms with Gasteiger partial charge in [0, 0.05) is 17.6 Å². The smallest absolute Gasteiger partial charge is 0.261 e. The number of amides is 2. The molecule has 1 aliphatic rings. The fourth-order valence-corrected chi connectivity index (χ4v) is 3.88. The first kappa shape index (κ1) is 22.9. The number of carbonyl (C=O) groups excluding carboxylic acids is 2. The molecule has 0 unspecified atom stereocenters. The molecule has 2 aromatic rings. The van der Waals surface area contributed by atoms with Gasteiger partial charge in [-0.3, -0.25) is 9.59 Å². The molecule has 1 aliphatic carbocycles. The summed E-state index contributed by atoms with van der Waals surface area (Å²) in [6, 6.07) is 13.9. The van der Waals surface area contributed by atoms with Crippen LogP contribution in [0.5, 0.6) is 11.5 Å². The van der Waals surface area contributed by atoms with Crippen molar-refractivity contribution in [1.82, 2.24) is 10.2 Å². The van der Waals surface area contributed by atoms with Crippen LogP contribution in [0.2, 0.25) is 5.02 Å². The normalized spacial score (nSPS) is 14.7. The fraction of sp³-hybridized carbons (Fsp3) is 0.417. The first-order chi connectivity index (χ1) is 15.0. The Kier molecular flexibility index (Phi) is 8.18. The molecule has 6 nitrogen and oxygen atoms in total. The molecule has 1 fully saturated rings. The molecule has 0 radical (unpaired) electrons. The molecule has 31 heavy (non-hydrogen) atoms. The van der Waals surface area contributed by atoms with Crippen molar-refractivity contribution in [2.24, 2.45) is 0 Å². The molecule has 1 N–H and O–H groups in total. The van der Waals surface area contributed by atoms with Gasteiger partial charge in [-0.15, -0.1) is 0 Å². The first-order valence-corrected chi connectivity index (χ1v) is 11.0. The summed E-state index contributed by atoms with van der Waals surface area (Å²) in [5.41, 5.74) is 0.780. The third kappa shape index (κ3) is 6.37. The summed E-state index contributed by atoms with van der Waals surface area (Å²) in [6.45, 7) is 1.79. The summed E-state index contributed by atoms with van der Waals surface area (Å²) in [4.78, 5) is 27.5. The number of benzene rings is 2. The van der Waals surface area contributed by atoms with Crippen molar-refractivity contribution in [3.8, 4) is 11.5 Å². The van der Waals surface area contributed by atoms with Crippen molar-refractivity contribution < 1.29 is 19.1 Å². The fourth-order valence-electron chi connectivity index (χ4n) is 3.68. The molecule has 0 spiro atoms. The Morgan fingerprint density at radius 2 is 1.74 bits per heavy atom.